The lowest BCUT2D eigenvalue weighted by molar-refractivity contribution is -0.123. The van der Waals surface area contributed by atoms with Crippen LogP contribution in [0, 0.1) is 11.8 Å². The van der Waals surface area contributed by atoms with Gasteiger partial charge in [0.25, 0.3) is 0 Å². The van der Waals surface area contributed by atoms with Gasteiger partial charge in [0.05, 0.1) is 0 Å². The fourth-order valence-corrected chi connectivity index (χ4v) is 3.63. The van der Waals surface area contributed by atoms with Gasteiger partial charge in [0.1, 0.15) is 0 Å². The molecule has 1 atom stereocenters. The number of nitrogens with zero attached hydrogens (tertiary/aromatic N) is 1. The molecule has 1 unspecified atom stereocenters. The number of amides is 3. The maximum Gasteiger partial charge on any atom is 0.317 e. The van der Waals surface area contributed by atoms with Crippen molar-refractivity contribution in [2.45, 2.75) is 70.9 Å². The van der Waals surface area contributed by atoms with Crippen molar-refractivity contribution in [3.05, 3.63) is 0 Å². The highest BCUT2D eigenvalue weighted by Gasteiger charge is 2.26. The molecule has 25 heavy (non-hydrogen) atoms. The van der Waals surface area contributed by atoms with Gasteiger partial charge < -0.3 is 21.3 Å². The van der Waals surface area contributed by atoms with E-state index in [0.717, 1.165) is 45.1 Å². The van der Waals surface area contributed by atoms with E-state index >= 15 is 0 Å². The van der Waals surface area contributed by atoms with Crippen molar-refractivity contribution in [1.29, 1.82) is 0 Å². The number of rotatable bonds is 5. The van der Waals surface area contributed by atoms with Crippen LogP contribution in [-0.2, 0) is 4.79 Å². The molecule has 0 aromatic carbocycles. The van der Waals surface area contributed by atoms with Gasteiger partial charge in [0, 0.05) is 38.1 Å². The highest BCUT2D eigenvalue weighted by Crippen LogP contribution is 2.21. The van der Waals surface area contributed by atoms with E-state index < -0.39 is 0 Å². The predicted molar refractivity (Wildman–Crippen MR) is 103 cm³/mol. The Kier molecular flexibility index (Phi) is 9.57. The number of urea groups is 1. The van der Waals surface area contributed by atoms with Gasteiger partial charge in [0.2, 0.25) is 5.91 Å². The van der Waals surface area contributed by atoms with Gasteiger partial charge in [-0.1, -0.05) is 13.8 Å². The Bertz CT molecular complexity index is 425. The Morgan fingerprint density at radius 2 is 1.84 bits per heavy atom. The number of piperidine rings is 1. The van der Waals surface area contributed by atoms with E-state index in [9.17, 15) is 9.59 Å². The van der Waals surface area contributed by atoms with Gasteiger partial charge in [0.15, 0.2) is 0 Å². The van der Waals surface area contributed by atoms with E-state index in [-0.39, 0.29) is 36.3 Å². The van der Waals surface area contributed by atoms with Crippen LogP contribution < -0.4 is 16.4 Å². The van der Waals surface area contributed by atoms with Gasteiger partial charge in [-0.25, -0.2) is 4.79 Å². The number of carbonyl (C=O) groups excluding carboxylic acids is 2. The maximum atomic E-state index is 12.3. The van der Waals surface area contributed by atoms with Crippen LogP contribution >= 0.6 is 12.4 Å². The average molecular weight is 375 g/mol. The van der Waals surface area contributed by atoms with E-state index in [1.54, 1.807) is 0 Å². The van der Waals surface area contributed by atoms with Crippen molar-refractivity contribution in [3.63, 3.8) is 0 Å². The number of hydrogen-bond acceptors (Lipinski definition) is 3. The van der Waals surface area contributed by atoms with Crippen LogP contribution in [0.15, 0.2) is 0 Å². The summed E-state index contributed by atoms with van der Waals surface area (Å²) in [5, 5.41) is 6.13. The summed E-state index contributed by atoms with van der Waals surface area (Å²) in [5.74, 6) is 0.850. The van der Waals surface area contributed by atoms with E-state index in [1.165, 1.54) is 0 Å². The normalized spacial score (nSPS) is 26.7. The van der Waals surface area contributed by atoms with Gasteiger partial charge in [-0.15, -0.1) is 12.4 Å². The average Bonchev–Trinajstić information content (AvgIpc) is 2.55. The van der Waals surface area contributed by atoms with Gasteiger partial charge >= 0.3 is 6.03 Å². The minimum Gasteiger partial charge on any atom is -0.353 e. The minimum absolute atomic E-state index is 0. The Balaban J connectivity index is 0.00000312. The SMILES string of the molecule is CC(C)CNC(=O)N1CCCC(CC(=O)NC2CCC(N)CC2)C1.Cl. The number of carbonyl (C=O) groups is 2. The van der Waals surface area contributed by atoms with Crippen molar-refractivity contribution >= 4 is 24.3 Å². The quantitative estimate of drug-likeness (QED) is 0.689. The molecule has 1 saturated heterocycles. The molecule has 0 spiro atoms. The van der Waals surface area contributed by atoms with Crippen LogP contribution in [0.25, 0.3) is 0 Å². The van der Waals surface area contributed by atoms with Crippen molar-refractivity contribution in [3.8, 4) is 0 Å². The van der Waals surface area contributed by atoms with Crippen LogP contribution in [0.3, 0.4) is 0 Å². The van der Waals surface area contributed by atoms with Crippen LogP contribution in [0.2, 0.25) is 0 Å². The van der Waals surface area contributed by atoms with Crippen molar-refractivity contribution in [1.82, 2.24) is 15.5 Å². The molecule has 7 heteroatoms. The summed E-state index contributed by atoms with van der Waals surface area (Å²) in [4.78, 5) is 26.3. The molecule has 0 radical (unpaired) electrons. The van der Waals surface area contributed by atoms with Crippen molar-refractivity contribution in [2.24, 2.45) is 17.6 Å². The molecule has 2 fully saturated rings. The summed E-state index contributed by atoms with van der Waals surface area (Å²) in [5.41, 5.74) is 5.91. The highest BCUT2D eigenvalue weighted by molar-refractivity contribution is 5.85. The van der Waals surface area contributed by atoms with Gasteiger partial charge in [-0.2, -0.15) is 0 Å². The molecule has 3 amide bonds. The molecular weight excluding hydrogens is 340 g/mol. The standard InChI is InChI=1S/C18H34N4O2.ClH/c1-13(2)11-20-18(24)22-9-3-4-14(12-22)10-17(23)21-16-7-5-15(19)6-8-16;/h13-16H,3-12,19H2,1-2H3,(H,20,24)(H,21,23);1H. The highest BCUT2D eigenvalue weighted by atomic mass is 35.5. The Morgan fingerprint density at radius 3 is 2.48 bits per heavy atom. The summed E-state index contributed by atoms with van der Waals surface area (Å²) in [6, 6.07) is 0.593. The van der Waals surface area contributed by atoms with Gasteiger partial charge in [-0.3, -0.25) is 4.79 Å². The minimum atomic E-state index is 0. The lowest BCUT2D eigenvalue weighted by Crippen LogP contribution is -2.47. The Labute approximate surface area is 158 Å². The zero-order chi connectivity index (χ0) is 17.5. The van der Waals surface area contributed by atoms with Crippen molar-refractivity contribution in [2.75, 3.05) is 19.6 Å². The molecule has 4 N–H and O–H groups in total. The molecule has 1 saturated carbocycles. The van der Waals surface area contributed by atoms with Crippen LogP contribution in [-0.4, -0.2) is 48.6 Å². The topological polar surface area (TPSA) is 87.5 Å². The third-order valence-corrected chi connectivity index (χ3v) is 5.08. The zero-order valence-electron chi connectivity index (χ0n) is 15.6. The molecule has 6 nitrogen and oxygen atoms in total. The van der Waals surface area contributed by atoms with Crippen LogP contribution in [0.4, 0.5) is 4.79 Å². The smallest absolute Gasteiger partial charge is 0.317 e. The first-order valence-electron chi connectivity index (χ1n) is 9.51. The predicted octanol–water partition coefficient (Wildman–Crippen LogP) is 2.26. The number of likely N-dealkylation sites (tertiary alicyclic amines) is 1. The molecule has 146 valence electrons. The third-order valence-electron chi connectivity index (χ3n) is 5.08. The third kappa shape index (κ3) is 7.82. The summed E-state index contributed by atoms with van der Waals surface area (Å²) in [6.45, 7) is 6.35. The van der Waals surface area contributed by atoms with Crippen molar-refractivity contribution < 1.29 is 9.59 Å². The largest absolute Gasteiger partial charge is 0.353 e. The molecule has 2 rings (SSSR count). The molecule has 1 aliphatic heterocycles. The number of halogens is 1. The molecule has 1 aliphatic carbocycles. The Morgan fingerprint density at radius 1 is 1.16 bits per heavy atom. The fourth-order valence-electron chi connectivity index (χ4n) is 3.63. The van der Waals surface area contributed by atoms with Crippen LogP contribution in [0.1, 0.15) is 58.8 Å². The Hall–Kier alpha value is -1.01. The summed E-state index contributed by atoms with van der Waals surface area (Å²) in [6.07, 6.45) is 6.50. The summed E-state index contributed by atoms with van der Waals surface area (Å²) < 4.78 is 0. The second-order valence-corrected chi connectivity index (χ2v) is 7.92. The fraction of sp³-hybridized carbons (Fsp3) is 0.889. The van der Waals surface area contributed by atoms with E-state index in [1.807, 2.05) is 4.90 Å². The number of hydrogen-bond donors (Lipinski definition) is 3. The van der Waals surface area contributed by atoms with E-state index in [0.29, 0.717) is 31.5 Å². The first-order valence-corrected chi connectivity index (χ1v) is 9.51. The molecule has 2 aliphatic rings. The summed E-state index contributed by atoms with van der Waals surface area (Å²) in [7, 11) is 0. The summed E-state index contributed by atoms with van der Waals surface area (Å²) >= 11 is 0. The number of nitrogens with two attached hydrogens (primary N) is 1. The zero-order valence-corrected chi connectivity index (χ0v) is 16.4. The molecule has 0 aromatic heterocycles. The first-order chi connectivity index (χ1) is 11.4. The number of nitrogens with one attached hydrogen (secondary N) is 2. The maximum absolute atomic E-state index is 12.3. The molecular formula is C18H35ClN4O2. The first kappa shape index (κ1) is 22.0. The monoisotopic (exact) mass is 374 g/mol. The molecule has 0 bridgehead atoms. The molecule has 1 heterocycles. The van der Waals surface area contributed by atoms with Gasteiger partial charge in [-0.05, 0) is 50.4 Å². The second kappa shape index (κ2) is 10.9. The van der Waals surface area contributed by atoms with E-state index in [2.05, 4.69) is 24.5 Å². The lowest BCUT2D eigenvalue weighted by atomic mass is 9.91. The lowest BCUT2D eigenvalue weighted by Gasteiger charge is -2.33. The second-order valence-electron chi connectivity index (χ2n) is 7.92. The molecule has 0 aromatic rings. The van der Waals surface area contributed by atoms with E-state index in [4.69, 9.17) is 5.73 Å². The van der Waals surface area contributed by atoms with Crippen LogP contribution in [0.5, 0.6) is 0 Å².